The second-order valence-corrected chi connectivity index (χ2v) is 6.02. The fraction of sp³-hybridized carbons (Fsp3) is 0.500. The van der Waals surface area contributed by atoms with Gasteiger partial charge in [0.15, 0.2) is 0 Å². The third kappa shape index (κ3) is 1.90. The molecule has 0 radical (unpaired) electrons. The maximum atomic E-state index is 12.2. The molecule has 4 nitrogen and oxygen atoms in total. The summed E-state index contributed by atoms with van der Waals surface area (Å²) in [7, 11) is 0. The normalized spacial score (nSPS) is 24.1. The highest BCUT2D eigenvalue weighted by molar-refractivity contribution is 5.80. The number of carbonyl (C=O) groups excluding carboxylic acids is 1. The van der Waals surface area contributed by atoms with E-state index < -0.39 is 0 Å². The van der Waals surface area contributed by atoms with Gasteiger partial charge in [0.1, 0.15) is 5.82 Å². The summed E-state index contributed by atoms with van der Waals surface area (Å²) < 4.78 is 0. The number of amides is 1. The number of H-pyrrole nitrogens is 1. The summed E-state index contributed by atoms with van der Waals surface area (Å²) >= 11 is 0. The number of hydrogen-bond acceptors (Lipinski definition) is 2. The number of nitrogens with zero attached hydrogens (tertiary/aromatic N) is 2. The maximum Gasteiger partial charge on any atom is 0.223 e. The van der Waals surface area contributed by atoms with Crippen LogP contribution in [0.3, 0.4) is 0 Å². The fourth-order valence-corrected chi connectivity index (χ4v) is 3.65. The smallest absolute Gasteiger partial charge is 0.223 e. The van der Waals surface area contributed by atoms with Gasteiger partial charge in [-0.3, -0.25) is 4.79 Å². The van der Waals surface area contributed by atoms with E-state index in [0.29, 0.717) is 18.4 Å². The second kappa shape index (κ2) is 4.62. The molecule has 1 amide bonds. The molecule has 2 aromatic rings. The van der Waals surface area contributed by atoms with Gasteiger partial charge in [-0.1, -0.05) is 25.0 Å². The van der Waals surface area contributed by atoms with Crippen LogP contribution in [-0.4, -0.2) is 33.4 Å². The van der Waals surface area contributed by atoms with E-state index >= 15 is 0 Å². The van der Waals surface area contributed by atoms with E-state index in [0.717, 1.165) is 23.4 Å². The van der Waals surface area contributed by atoms with Crippen molar-refractivity contribution in [2.24, 2.45) is 0 Å². The first kappa shape index (κ1) is 11.9. The Morgan fingerprint density at radius 1 is 1.20 bits per heavy atom. The van der Waals surface area contributed by atoms with Crippen LogP contribution in [0.4, 0.5) is 0 Å². The van der Waals surface area contributed by atoms with Crippen LogP contribution in [0.25, 0.3) is 11.0 Å². The first-order valence-electron chi connectivity index (χ1n) is 7.55. The standard InChI is InChI=1S/C16H19N3O/c20-15-9-11(10-19(15)12-5-1-2-6-12)16-17-13-7-3-4-8-14(13)18-16/h3-4,7-8,11-12H,1-2,5-6,9-10H2,(H,17,18)/t11-/m1/s1. The lowest BCUT2D eigenvalue weighted by Gasteiger charge is -2.23. The lowest BCUT2D eigenvalue weighted by atomic mass is 10.1. The molecule has 1 aromatic heterocycles. The Kier molecular flexibility index (Phi) is 2.76. The monoisotopic (exact) mass is 269 g/mol. The Morgan fingerprint density at radius 2 is 2.00 bits per heavy atom. The average Bonchev–Trinajstić information content (AvgIpc) is 3.16. The number of para-hydroxylation sites is 2. The number of benzene rings is 1. The van der Waals surface area contributed by atoms with Gasteiger partial charge in [0.05, 0.1) is 11.0 Å². The van der Waals surface area contributed by atoms with Crippen molar-refractivity contribution >= 4 is 16.9 Å². The zero-order chi connectivity index (χ0) is 13.5. The molecule has 2 heterocycles. The van der Waals surface area contributed by atoms with E-state index in [4.69, 9.17) is 0 Å². The molecule has 1 aromatic carbocycles. The van der Waals surface area contributed by atoms with Crippen molar-refractivity contribution in [1.82, 2.24) is 14.9 Å². The summed E-state index contributed by atoms with van der Waals surface area (Å²) in [6, 6.07) is 8.54. The van der Waals surface area contributed by atoms with E-state index in [1.165, 1.54) is 25.7 Å². The lowest BCUT2D eigenvalue weighted by Crippen LogP contribution is -2.34. The van der Waals surface area contributed by atoms with Crippen LogP contribution in [0, 0.1) is 0 Å². The van der Waals surface area contributed by atoms with Gasteiger partial charge in [0, 0.05) is 24.9 Å². The van der Waals surface area contributed by atoms with Crippen LogP contribution in [0.15, 0.2) is 24.3 Å². The van der Waals surface area contributed by atoms with E-state index in [-0.39, 0.29) is 5.92 Å². The van der Waals surface area contributed by atoms with Gasteiger partial charge in [-0.05, 0) is 25.0 Å². The van der Waals surface area contributed by atoms with E-state index in [1.807, 2.05) is 24.3 Å². The van der Waals surface area contributed by atoms with E-state index in [2.05, 4.69) is 14.9 Å². The largest absolute Gasteiger partial charge is 0.342 e. The third-order valence-electron chi connectivity index (χ3n) is 4.72. The van der Waals surface area contributed by atoms with Crippen molar-refractivity contribution in [3.05, 3.63) is 30.1 Å². The predicted molar refractivity (Wildman–Crippen MR) is 77.4 cm³/mol. The average molecular weight is 269 g/mol. The van der Waals surface area contributed by atoms with Crippen LogP contribution in [0.1, 0.15) is 43.8 Å². The minimum absolute atomic E-state index is 0.232. The van der Waals surface area contributed by atoms with Crippen molar-refractivity contribution < 1.29 is 4.79 Å². The van der Waals surface area contributed by atoms with Crippen LogP contribution in [-0.2, 0) is 4.79 Å². The van der Waals surface area contributed by atoms with Gasteiger partial charge in [0.25, 0.3) is 0 Å². The number of aromatic amines is 1. The van der Waals surface area contributed by atoms with E-state index in [1.54, 1.807) is 0 Å². The molecule has 1 atom stereocenters. The number of imidazole rings is 1. The van der Waals surface area contributed by atoms with Crippen molar-refractivity contribution in [1.29, 1.82) is 0 Å². The minimum Gasteiger partial charge on any atom is -0.342 e. The summed E-state index contributed by atoms with van der Waals surface area (Å²) in [5.41, 5.74) is 2.06. The Morgan fingerprint density at radius 3 is 2.80 bits per heavy atom. The molecule has 20 heavy (non-hydrogen) atoms. The summed E-state index contributed by atoms with van der Waals surface area (Å²) in [6.07, 6.45) is 5.50. The Bertz CT molecular complexity index is 609. The molecule has 4 heteroatoms. The molecule has 0 unspecified atom stereocenters. The number of rotatable bonds is 2. The maximum absolute atomic E-state index is 12.2. The number of likely N-dealkylation sites (tertiary alicyclic amines) is 1. The Labute approximate surface area is 118 Å². The van der Waals surface area contributed by atoms with Crippen LogP contribution in [0.2, 0.25) is 0 Å². The molecule has 0 bridgehead atoms. The van der Waals surface area contributed by atoms with Gasteiger partial charge in [-0.25, -0.2) is 4.98 Å². The molecule has 1 aliphatic heterocycles. The molecule has 1 saturated heterocycles. The summed E-state index contributed by atoms with van der Waals surface area (Å²) in [6.45, 7) is 0.837. The highest BCUT2D eigenvalue weighted by atomic mass is 16.2. The molecular formula is C16H19N3O. The summed E-state index contributed by atoms with van der Waals surface area (Å²) in [5.74, 6) is 1.51. The molecule has 0 spiro atoms. The molecule has 1 N–H and O–H groups in total. The topological polar surface area (TPSA) is 49.0 Å². The highest BCUT2D eigenvalue weighted by Crippen LogP contribution is 2.33. The lowest BCUT2D eigenvalue weighted by molar-refractivity contribution is -0.129. The molecule has 104 valence electrons. The zero-order valence-corrected chi connectivity index (χ0v) is 11.5. The van der Waals surface area contributed by atoms with Crippen molar-refractivity contribution in [3.63, 3.8) is 0 Å². The second-order valence-electron chi connectivity index (χ2n) is 6.02. The summed E-state index contributed by atoms with van der Waals surface area (Å²) in [5, 5.41) is 0. The zero-order valence-electron chi connectivity index (χ0n) is 11.5. The van der Waals surface area contributed by atoms with Crippen molar-refractivity contribution in [3.8, 4) is 0 Å². The third-order valence-corrected chi connectivity index (χ3v) is 4.72. The molecular weight excluding hydrogens is 250 g/mol. The first-order chi connectivity index (χ1) is 9.81. The number of carbonyl (C=O) groups is 1. The van der Waals surface area contributed by atoms with Gasteiger partial charge >= 0.3 is 0 Å². The van der Waals surface area contributed by atoms with Crippen LogP contribution < -0.4 is 0 Å². The SMILES string of the molecule is O=C1C[C@@H](c2nc3ccccc3[nH]2)CN1C1CCCC1. The van der Waals surface area contributed by atoms with E-state index in [9.17, 15) is 4.79 Å². The van der Waals surface area contributed by atoms with Gasteiger partial charge in [-0.15, -0.1) is 0 Å². The number of fused-ring (bicyclic) bond motifs is 1. The molecule has 2 fully saturated rings. The predicted octanol–water partition coefficient (Wildman–Crippen LogP) is 2.82. The van der Waals surface area contributed by atoms with Crippen molar-refractivity contribution in [2.75, 3.05) is 6.54 Å². The van der Waals surface area contributed by atoms with Gasteiger partial charge < -0.3 is 9.88 Å². The first-order valence-corrected chi connectivity index (χ1v) is 7.55. The number of aromatic nitrogens is 2. The minimum atomic E-state index is 0.232. The van der Waals surface area contributed by atoms with Gasteiger partial charge in [-0.2, -0.15) is 0 Å². The quantitative estimate of drug-likeness (QED) is 0.911. The Balaban J connectivity index is 1.58. The molecule has 4 rings (SSSR count). The van der Waals surface area contributed by atoms with Crippen LogP contribution in [0.5, 0.6) is 0 Å². The van der Waals surface area contributed by atoms with Crippen molar-refractivity contribution in [2.45, 2.75) is 44.1 Å². The fourth-order valence-electron chi connectivity index (χ4n) is 3.65. The highest BCUT2D eigenvalue weighted by Gasteiger charge is 2.37. The Hall–Kier alpha value is -1.84. The number of nitrogens with one attached hydrogen (secondary N) is 1. The molecule has 2 aliphatic rings. The summed E-state index contributed by atoms with van der Waals surface area (Å²) in [4.78, 5) is 22.4. The van der Waals surface area contributed by atoms with Gasteiger partial charge in [0.2, 0.25) is 5.91 Å². The molecule has 1 aliphatic carbocycles. The van der Waals surface area contributed by atoms with Crippen LogP contribution >= 0.6 is 0 Å². The number of hydrogen-bond donors (Lipinski definition) is 1. The molecule has 1 saturated carbocycles.